The highest BCUT2D eigenvalue weighted by Gasteiger charge is 2.17. The van der Waals surface area contributed by atoms with Gasteiger partial charge in [-0.3, -0.25) is 0 Å². The van der Waals surface area contributed by atoms with Crippen molar-refractivity contribution in [2.45, 2.75) is 26.2 Å². The maximum Gasteiger partial charge on any atom is 0.170 e. The zero-order chi connectivity index (χ0) is 11.7. The Bertz CT molecular complexity index is 512. The topological polar surface area (TPSA) is 38.1 Å². The number of rotatable bonds is 2. The zero-order valence-electron chi connectivity index (χ0n) is 10.2. The molecule has 1 N–H and O–H groups in total. The van der Waals surface area contributed by atoms with E-state index in [2.05, 4.69) is 35.6 Å². The van der Waals surface area contributed by atoms with E-state index in [1.54, 1.807) is 0 Å². The number of hydrogen-bond donors (Lipinski definition) is 1. The van der Waals surface area contributed by atoms with E-state index in [1.807, 2.05) is 0 Å². The van der Waals surface area contributed by atoms with Crippen LogP contribution in [0.2, 0.25) is 0 Å². The van der Waals surface area contributed by atoms with Crippen LogP contribution in [0, 0.1) is 12.8 Å². The first-order valence-corrected chi connectivity index (χ1v) is 6.39. The summed E-state index contributed by atoms with van der Waals surface area (Å²) in [6, 6.07) is 6.28. The highest BCUT2D eigenvalue weighted by atomic mass is 16.5. The number of aromatic nitrogens is 1. The van der Waals surface area contributed by atoms with Crippen LogP contribution < -0.4 is 5.32 Å². The fraction of sp³-hybridized carbons (Fsp3) is 0.500. The van der Waals surface area contributed by atoms with Gasteiger partial charge in [-0.25, -0.2) is 0 Å². The Hall–Kier alpha value is -1.35. The van der Waals surface area contributed by atoms with Crippen LogP contribution >= 0.6 is 0 Å². The minimum Gasteiger partial charge on any atom is -0.356 e. The second-order valence-corrected chi connectivity index (χ2v) is 4.98. The second-order valence-electron chi connectivity index (χ2n) is 4.98. The van der Waals surface area contributed by atoms with Crippen LogP contribution in [-0.2, 0) is 6.42 Å². The standard InChI is InChI=1S/C14H18N2O/c1-10-3-2-4-12-13(16-17-14(10)12)9-11-5-7-15-8-6-11/h2-4,11,15H,5-9H2,1H3. The van der Waals surface area contributed by atoms with E-state index in [4.69, 9.17) is 4.52 Å². The molecule has 3 rings (SSSR count). The summed E-state index contributed by atoms with van der Waals surface area (Å²) in [4.78, 5) is 0. The van der Waals surface area contributed by atoms with Gasteiger partial charge in [0.1, 0.15) is 0 Å². The normalized spacial score (nSPS) is 17.7. The van der Waals surface area contributed by atoms with Gasteiger partial charge in [0.05, 0.1) is 5.69 Å². The Kier molecular flexibility index (Phi) is 2.85. The smallest absolute Gasteiger partial charge is 0.170 e. The summed E-state index contributed by atoms with van der Waals surface area (Å²) in [5, 5.41) is 8.85. The molecule has 0 atom stereocenters. The molecule has 0 spiro atoms. The molecule has 3 nitrogen and oxygen atoms in total. The van der Waals surface area contributed by atoms with E-state index in [9.17, 15) is 0 Å². The summed E-state index contributed by atoms with van der Waals surface area (Å²) in [5.74, 6) is 0.755. The molecule has 0 radical (unpaired) electrons. The number of aryl methyl sites for hydroxylation is 1. The Balaban J connectivity index is 1.87. The first kappa shape index (κ1) is 10.8. The van der Waals surface area contributed by atoms with Crippen LogP contribution in [0.5, 0.6) is 0 Å². The van der Waals surface area contributed by atoms with Crippen molar-refractivity contribution in [1.29, 1.82) is 0 Å². The van der Waals surface area contributed by atoms with Crippen molar-refractivity contribution in [3.8, 4) is 0 Å². The monoisotopic (exact) mass is 230 g/mol. The van der Waals surface area contributed by atoms with Gasteiger partial charge in [0, 0.05) is 5.39 Å². The Labute approximate surface area is 101 Å². The summed E-state index contributed by atoms with van der Waals surface area (Å²) in [6.45, 7) is 4.35. The maximum atomic E-state index is 5.46. The van der Waals surface area contributed by atoms with Gasteiger partial charge in [-0.1, -0.05) is 17.3 Å². The molecule has 1 aromatic heterocycles. The zero-order valence-corrected chi connectivity index (χ0v) is 10.2. The van der Waals surface area contributed by atoms with Crippen molar-refractivity contribution in [1.82, 2.24) is 10.5 Å². The van der Waals surface area contributed by atoms with Gasteiger partial charge in [0.2, 0.25) is 0 Å². The van der Waals surface area contributed by atoms with Crippen molar-refractivity contribution in [2.24, 2.45) is 5.92 Å². The van der Waals surface area contributed by atoms with Gasteiger partial charge >= 0.3 is 0 Å². The molecular formula is C14H18N2O. The number of nitrogens with one attached hydrogen (secondary N) is 1. The third-order valence-electron chi connectivity index (χ3n) is 3.71. The first-order chi connectivity index (χ1) is 8.34. The summed E-state index contributed by atoms with van der Waals surface area (Å²) in [5.41, 5.74) is 3.26. The summed E-state index contributed by atoms with van der Waals surface area (Å²) < 4.78 is 5.46. The number of fused-ring (bicyclic) bond motifs is 1. The average molecular weight is 230 g/mol. The van der Waals surface area contributed by atoms with Crippen LogP contribution in [0.3, 0.4) is 0 Å². The van der Waals surface area contributed by atoms with Gasteiger partial charge in [0.25, 0.3) is 0 Å². The first-order valence-electron chi connectivity index (χ1n) is 6.39. The molecule has 0 unspecified atom stereocenters. The minimum atomic E-state index is 0.755. The van der Waals surface area contributed by atoms with Gasteiger partial charge in [0.15, 0.2) is 5.58 Å². The molecule has 2 heterocycles. The molecule has 1 aromatic carbocycles. The lowest BCUT2D eigenvalue weighted by atomic mass is 9.92. The van der Waals surface area contributed by atoms with Gasteiger partial charge in [-0.05, 0) is 56.8 Å². The van der Waals surface area contributed by atoms with Gasteiger partial charge in [-0.2, -0.15) is 0 Å². The van der Waals surface area contributed by atoms with Crippen molar-refractivity contribution in [2.75, 3.05) is 13.1 Å². The Morgan fingerprint density at radius 1 is 1.35 bits per heavy atom. The van der Waals surface area contributed by atoms with Crippen molar-refractivity contribution in [3.63, 3.8) is 0 Å². The fourth-order valence-electron chi connectivity index (χ4n) is 2.66. The quantitative estimate of drug-likeness (QED) is 0.862. The van der Waals surface area contributed by atoms with E-state index in [0.717, 1.165) is 36.7 Å². The van der Waals surface area contributed by atoms with Gasteiger partial charge < -0.3 is 9.84 Å². The van der Waals surface area contributed by atoms with E-state index in [-0.39, 0.29) is 0 Å². The van der Waals surface area contributed by atoms with Crippen LogP contribution in [0.15, 0.2) is 22.7 Å². The molecule has 3 heteroatoms. The highest BCUT2D eigenvalue weighted by Crippen LogP contribution is 2.25. The van der Waals surface area contributed by atoms with Crippen LogP contribution in [0.4, 0.5) is 0 Å². The number of nitrogens with zero attached hydrogens (tertiary/aromatic N) is 1. The third-order valence-corrected chi connectivity index (χ3v) is 3.71. The third kappa shape index (κ3) is 2.07. The molecule has 0 saturated carbocycles. The Morgan fingerprint density at radius 3 is 3.00 bits per heavy atom. The molecule has 0 amide bonds. The summed E-state index contributed by atoms with van der Waals surface area (Å²) in [7, 11) is 0. The predicted molar refractivity (Wildman–Crippen MR) is 68.0 cm³/mol. The second kappa shape index (κ2) is 4.49. The van der Waals surface area contributed by atoms with Crippen LogP contribution in [-0.4, -0.2) is 18.2 Å². The van der Waals surface area contributed by atoms with Crippen molar-refractivity contribution < 1.29 is 4.52 Å². The summed E-state index contributed by atoms with van der Waals surface area (Å²) >= 11 is 0. The van der Waals surface area contributed by atoms with Crippen LogP contribution in [0.1, 0.15) is 24.1 Å². The molecule has 1 aliphatic rings. The van der Waals surface area contributed by atoms with E-state index >= 15 is 0 Å². The van der Waals surface area contributed by atoms with E-state index < -0.39 is 0 Å². The molecule has 90 valence electrons. The van der Waals surface area contributed by atoms with E-state index in [1.165, 1.54) is 23.8 Å². The minimum absolute atomic E-state index is 0.755. The lowest BCUT2D eigenvalue weighted by Crippen LogP contribution is -2.28. The SMILES string of the molecule is Cc1cccc2c(CC3CCNCC3)noc12. The number of hydrogen-bond acceptors (Lipinski definition) is 3. The molecular weight excluding hydrogens is 212 g/mol. The van der Waals surface area contributed by atoms with Crippen LogP contribution in [0.25, 0.3) is 11.0 Å². The van der Waals surface area contributed by atoms with Crippen molar-refractivity contribution >= 4 is 11.0 Å². The molecule has 17 heavy (non-hydrogen) atoms. The molecule has 0 bridgehead atoms. The molecule has 1 saturated heterocycles. The summed E-state index contributed by atoms with van der Waals surface area (Å²) in [6.07, 6.45) is 3.55. The number of para-hydroxylation sites is 1. The predicted octanol–water partition coefficient (Wildman–Crippen LogP) is 2.68. The maximum absolute atomic E-state index is 5.46. The fourth-order valence-corrected chi connectivity index (χ4v) is 2.66. The van der Waals surface area contributed by atoms with E-state index in [0.29, 0.717) is 0 Å². The highest BCUT2D eigenvalue weighted by molar-refractivity contribution is 5.82. The lowest BCUT2D eigenvalue weighted by Gasteiger charge is -2.21. The molecule has 1 aliphatic heterocycles. The Morgan fingerprint density at radius 2 is 2.18 bits per heavy atom. The average Bonchev–Trinajstić information content (AvgIpc) is 2.76. The molecule has 1 fully saturated rings. The van der Waals surface area contributed by atoms with Gasteiger partial charge in [-0.15, -0.1) is 0 Å². The molecule has 2 aromatic rings. The number of piperidine rings is 1. The molecule has 0 aliphatic carbocycles. The lowest BCUT2D eigenvalue weighted by molar-refractivity contribution is 0.360. The largest absolute Gasteiger partial charge is 0.356 e. The van der Waals surface area contributed by atoms with Crippen molar-refractivity contribution in [3.05, 3.63) is 29.5 Å². The number of benzene rings is 1.